The summed E-state index contributed by atoms with van der Waals surface area (Å²) < 4.78 is 32.1. The molecule has 1 aliphatic rings. The molecule has 1 aliphatic heterocycles. The first kappa shape index (κ1) is 13.9. The summed E-state index contributed by atoms with van der Waals surface area (Å²) >= 11 is 0. The third-order valence-electron chi connectivity index (χ3n) is 3.45. The fourth-order valence-electron chi connectivity index (χ4n) is 2.60. The molecule has 2 unspecified atom stereocenters. The van der Waals surface area contributed by atoms with Crippen LogP contribution in [0.4, 0.5) is 8.78 Å². The van der Waals surface area contributed by atoms with Crippen molar-refractivity contribution in [3.8, 4) is 0 Å². The molecule has 1 heterocycles. The Morgan fingerprint density at radius 1 is 1.42 bits per heavy atom. The predicted molar refractivity (Wildman–Crippen MR) is 66.7 cm³/mol. The Labute approximate surface area is 111 Å². The minimum Gasteiger partial charge on any atom is -0.466 e. The van der Waals surface area contributed by atoms with Gasteiger partial charge in [-0.2, -0.15) is 0 Å². The van der Waals surface area contributed by atoms with Gasteiger partial charge in [-0.25, -0.2) is 8.78 Å². The van der Waals surface area contributed by atoms with E-state index in [-0.39, 0.29) is 24.1 Å². The van der Waals surface area contributed by atoms with Gasteiger partial charge in [-0.3, -0.25) is 4.79 Å². The van der Waals surface area contributed by atoms with Crippen LogP contribution in [-0.2, 0) is 9.53 Å². The molecule has 0 N–H and O–H groups in total. The predicted octanol–water partition coefficient (Wildman–Crippen LogP) is 2.17. The Hall–Kier alpha value is -1.49. The lowest BCUT2D eigenvalue weighted by atomic mass is 9.88. The number of hydrogen-bond acceptors (Lipinski definition) is 3. The van der Waals surface area contributed by atoms with E-state index >= 15 is 0 Å². The Bertz CT molecular complexity index is 479. The second-order valence-corrected chi connectivity index (χ2v) is 4.85. The second-order valence-electron chi connectivity index (χ2n) is 4.85. The zero-order valence-electron chi connectivity index (χ0n) is 11.0. The standard InChI is InChI=1S/C14H17F2NO2/c1-3-19-14(18)12-8-17(2)7-11(12)10-6-9(15)4-5-13(10)16/h4-6,11-12H,3,7-8H2,1-2H3. The molecular weight excluding hydrogens is 252 g/mol. The van der Waals surface area contributed by atoms with Gasteiger partial charge in [0.05, 0.1) is 12.5 Å². The minimum absolute atomic E-state index is 0.252. The van der Waals surface area contributed by atoms with Gasteiger partial charge in [0.15, 0.2) is 0 Å². The highest BCUT2D eigenvalue weighted by molar-refractivity contribution is 5.74. The molecule has 1 aromatic rings. The number of rotatable bonds is 3. The number of carbonyl (C=O) groups is 1. The van der Waals surface area contributed by atoms with Crippen LogP contribution in [0, 0.1) is 17.6 Å². The highest BCUT2D eigenvalue weighted by atomic mass is 19.1. The van der Waals surface area contributed by atoms with E-state index in [1.165, 1.54) is 6.07 Å². The molecule has 0 amide bonds. The van der Waals surface area contributed by atoms with Crippen molar-refractivity contribution in [2.45, 2.75) is 12.8 Å². The second kappa shape index (κ2) is 5.65. The quantitative estimate of drug-likeness (QED) is 0.788. The van der Waals surface area contributed by atoms with Crippen LogP contribution in [0.25, 0.3) is 0 Å². The molecule has 0 saturated carbocycles. The fraction of sp³-hybridized carbons (Fsp3) is 0.500. The van der Waals surface area contributed by atoms with E-state index in [1.807, 2.05) is 11.9 Å². The molecule has 1 fully saturated rings. The van der Waals surface area contributed by atoms with E-state index in [2.05, 4.69) is 0 Å². The van der Waals surface area contributed by atoms with Gasteiger partial charge in [-0.1, -0.05) is 0 Å². The fourth-order valence-corrected chi connectivity index (χ4v) is 2.60. The third-order valence-corrected chi connectivity index (χ3v) is 3.45. The number of nitrogens with zero attached hydrogens (tertiary/aromatic N) is 1. The van der Waals surface area contributed by atoms with E-state index in [0.717, 1.165) is 12.1 Å². The zero-order chi connectivity index (χ0) is 14.0. The molecule has 19 heavy (non-hydrogen) atoms. The number of ether oxygens (including phenoxy) is 1. The van der Waals surface area contributed by atoms with E-state index < -0.39 is 17.6 Å². The Morgan fingerprint density at radius 2 is 2.16 bits per heavy atom. The van der Waals surface area contributed by atoms with Gasteiger partial charge in [0.1, 0.15) is 11.6 Å². The Kier molecular flexibility index (Phi) is 4.14. The monoisotopic (exact) mass is 269 g/mol. The van der Waals surface area contributed by atoms with Crippen molar-refractivity contribution in [2.24, 2.45) is 5.92 Å². The topological polar surface area (TPSA) is 29.5 Å². The Balaban J connectivity index is 2.30. The molecule has 0 aromatic heterocycles. The van der Waals surface area contributed by atoms with Crippen LogP contribution in [0.2, 0.25) is 0 Å². The number of halogens is 2. The summed E-state index contributed by atoms with van der Waals surface area (Å²) in [4.78, 5) is 13.8. The molecule has 104 valence electrons. The third kappa shape index (κ3) is 2.92. The van der Waals surface area contributed by atoms with Crippen LogP contribution in [0.5, 0.6) is 0 Å². The number of benzene rings is 1. The van der Waals surface area contributed by atoms with E-state index in [0.29, 0.717) is 13.1 Å². The molecule has 5 heteroatoms. The molecule has 0 aliphatic carbocycles. The maximum Gasteiger partial charge on any atom is 0.310 e. The average Bonchev–Trinajstić information content (AvgIpc) is 2.75. The van der Waals surface area contributed by atoms with Gasteiger partial charge < -0.3 is 9.64 Å². The maximum absolute atomic E-state index is 13.8. The molecule has 1 saturated heterocycles. The highest BCUT2D eigenvalue weighted by Gasteiger charge is 2.39. The molecule has 0 radical (unpaired) electrons. The van der Waals surface area contributed by atoms with Crippen LogP contribution in [0.15, 0.2) is 18.2 Å². The first-order chi connectivity index (χ1) is 9.02. The van der Waals surface area contributed by atoms with Gasteiger partial charge in [0.2, 0.25) is 0 Å². The molecule has 3 nitrogen and oxygen atoms in total. The van der Waals surface area contributed by atoms with Crippen LogP contribution in [0.1, 0.15) is 18.4 Å². The normalized spacial score (nSPS) is 23.6. The van der Waals surface area contributed by atoms with Crippen molar-refractivity contribution >= 4 is 5.97 Å². The average molecular weight is 269 g/mol. The SMILES string of the molecule is CCOC(=O)C1CN(C)CC1c1cc(F)ccc1F. The van der Waals surface area contributed by atoms with Crippen molar-refractivity contribution in [3.63, 3.8) is 0 Å². The van der Waals surface area contributed by atoms with Crippen LogP contribution >= 0.6 is 0 Å². The summed E-state index contributed by atoms with van der Waals surface area (Å²) in [5, 5.41) is 0. The molecule has 1 aromatic carbocycles. The lowest BCUT2D eigenvalue weighted by Gasteiger charge is -2.18. The number of likely N-dealkylation sites (tertiary alicyclic amines) is 1. The summed E-state index contributed by atoms with van der Waals surface area (Å²) in [7, 11) is 1.85. The smallest absolute Gasteiger partial charge is 0.310 e. The number of hydrogen-bond donors (Lipinski definition) is 0. The number of carbonyl (C=O) groups excluding carboxylic acids is 1. The van der Waals surface area contributed by atoms with E-state index in [4.69, 9.17) is 4.74 Å². The van der Waals surface area contributed by atoms with E-state index in [1.54, 1.807) is 6.92 Å². The highest BCUT2D eigenvalue weighted by Crippen LogP contribution is 2.34. The van der Waals surface area contributed by atoms with Crippen molar-refractivity contribution in [3.05, 3.63) is 35.4 Å². The van der Waals surface area contributed by atoms with Gasteiger partial charge in [0.25, 0.3) is 0 Å². The summed E-state index contributed by atoms with van der Waals surface area (Å²) in [5.41, 5.74) is 0.252. The van der Waals surface area contributed by atoms with Crippen molar-refractivity contribution in [1.29, 1.82) is 0 Å². The van der Waals surface area contributed by atoms with Crippen LogP contribution in [0.3, 0.4) is 0 Å². The van der Waals surface area contributed by atoms with Crippen LogP contribution in [-0.4, -0.2) is 37.6 Å². The molecular formula is C14H17F2NO2. The molecule has 2 atom stereocenters. The maximum atomic E-state index is 13.8. The van der Waals surface area contributed by atoms with Gasteiger partial charge >= 0.3 is 5.97 Å². The summed E-state index contributed by atoms with van der Waals surface area (Å²) in [5.74, 6) is -2.12. The van der Waals surface area contributed by atoms with Gasteiger partial charge in [-0.05, 0) is 37.7 Å². The number of likely N-dealkylation sites (N-methyl/N-ethyl adjacent to an activating group) is 1. The number of esters is 1. The summed E-state index contributed by atoms with van der Waals surface area (Å²) in [6.45, 7) is 3.04. The molecule has 2 rings (SSSR count). The Morgan fingerprint density at radius 3 is 2.84 bits per heavy atom. The van der Waals surface area contributed by atoms with Gasteiger partial charge in [0, 0.05) is 19.0 Å². The first-order valence-electron chi connectivity index (χ1n) is 6.33. The minimum atomic E-state index is -0.492. The van der Waals surface area contributed by atoms with E-state index in [9.17, 15) is 13.6 Å². The lowest BCUT2D eigenvalue weighted by Crippen LogP contribution is -2.24. The molecule has 0 spiro atoms. The first-order valence-corrected chi connectivity index (χ1v) is 6.33. The molecule has 0 bridgehead atoms. The van der Waals surface area contributed by atoms with Crippen LogP contribution < -0.4 is 0 Å². The van der Waals surface area contributed by atoms with Crippen molar-refractivity contribution < 1.29 is 18.3 Å². The van der Waals surface area contributed by atoms with Crippen molar-refractivity contribution in [1.82, 2.24) is 4.90 Å². The zero-order valence-corrected chi connectivity index (χ0v) is 11.0. The summed E-state index contributed by atoms with van der Waals surface area (Å²) in [6.07, 6.45) is 0. The lowest BCUT2D eigenvalue weighted by molar-refractivity contribution is -0.148. The van der Waals surface area contributed by atoms with Gasteiger partial charge in [-0.15, -0.1) is 0 Å². The summed E-state index contributed by atoms with van der Waals surface area (Å²) in [6, 6.07) is 3.35. The van der Waals surface area contributed by atoms with Crippen molar-refractivity contribution in [2.75, 3.05) is 26.7 Å². The largest absolute Gasteiger partial charge is 0.466 e.